The van der Waals surface area contributed by atoms with Gasteiger partial charge >= 0.3 is 6.03 Å². The van der Waals surface area contributed by atoms with Gasteiger partial charge in [0.05, 0.1) is 18.9 Å². The summed E-state index contributed by atoms with van der Waals surface area (Å²) in [5.74, 6) is -1.10. The minimum Gasteiger partial charge on any atom is -0.484 e. The summed E-state index contributed by atoms with van der Waals surface area (Å²) in [7, 11) is 0. The summed E-state index contributed by atoms with van der Waals surface area (Å²) in [5.41, 5.74) is 1.75. The number of amides is 5. The SMILES string of the molecule is Cc1ccc(N2C(=O)NC(=O)/C(=C\c3ccc(OCC(=O)N4CCOCC4)cc3)C2=O)cc1. The first-order chi connectivity index (χ1) is 15.9. The van der Waals surface area contributed by atoms with Crippen molar-refractivity contribution < 1.29 is 28.7 Å². The van der Waals surface area contributed by atoms with Gasteiger partial charge in [-0.25, -0.2) is 9.69 Å². The lowest BCUT2D eigenvalue weighted by atomic mass is 10.1. The number of benzene rings is 2. The molecule has 2 aromatic carbocycles. The van der Waals surface area contributed by atoms with E-state index in [-0.39, 0.29) is 18.1 Å². The highest BCUT2D eigenvalue weighted by molar-refractivity contribution is 6.39. The number of nitrogens with zero attached hydrogens (tertiary/aromatic N) is 2. The molecular weight excluding hydrogens is 426 g/mol. The van der Waals surface area contributed by atoms with Crippen molar-refractivity contribution in [3.05, 3.63) is 65.2 Å². The van der Waals surface area contributed by atoms with Gasteiger partial charge in [-0.1, -0.05) is 29.8 Å². The van der Waals surface area contributed by atoms with Crippen molar-refractivity contribution in [3.63, 3.8) is 0 Å². The monoisotopic (exact) mass is 449 g/mol. The van der Waals surface area contributed by atoms with Crippen LogP contribution in [0, 0.1) is 6.92 Å². The molecule has 33 heavy (non-hydrogen) atoms. The maximum Gasteiger partial charge on any atom is 0.335 e. The zero-order valence-corrected chi connectivity index (χ0v) is 18.1. The first-order valence-electron chi connectivity index (χ1n) is 10.5. The van der Waals surface area contributed by atoms with E-state index >= 15 is 0 Å². The third-order valence-corrected chi connectivity index (χ3v) is 5.31. The van der Waals surface area contributed by atoms with Crippen molar-refractivity contribution in [2.24, 2.45) is 0 Å². The van der Waals surface area contributed by atoms with Gasteiger partial charge < -0.3 is 14.4 Å². The molecule has 0 spiro atoms. The summed E-state index contributed by atoms with van der Waals surface area (Å²) < 4.78 is 10.8. The molecule has 170 valence electrons. The van der Waals surface area contributed by atoms with Crippen molar-refractivity contribution in [2.45, 2.75) is 6.92 Å². The summed E-state index contributed by atoms with van der Waals surface area (Å²) >= 11 is 0. The Bertz CT molecular complexity index is 1100. The van der Waals surface area contributed by atoms with Crippen LogP contribution in [-0.4, -0.2) is 61.6 Å². The third kappa shape index (κ3) is 5.09. The second kappa shape index (κ2) is 9.66. The van der Waals surface area contributed by atoms with Crippen molar-refractivity contribution in [3.8, 4) is 5.75 Å². The van der Waals surface area contributed by atoms with Crippen LogP contribution in [0.3, 0.4) is 0 Å². The van der Waals surface area contributed by atoms with Gasteiger partial charge in [-0.15, -0.1) is 0 Å². The Balaban J connectivity index is 1.45. The number of hydrogen-bond acceptors (Lipinski definition) is 6. The molecule has 0 bridgehead atoms. The largest absolute Gasteiger partial charge is 0.484 e. The number of barbiturate groups is 1. The number of imide groups is 2. The van der Waals surface area contributed by atoms with Crippen LogP contribution >= 0.6 is 0 Å². The highest BCUT2D eigenvalue weighted by atomic mass is 16.5. The second-order valence-electron chi connectivity index (χ2n) is 7.64. The van der Waals surface area contributed by atoms with E-state index in [0.29, 0.717) is 43.3 Å². The van der Waals surface area contributed by atoms with Gasteiger partial charge in [0.25, 0.3) is 17.7 Å². The minimum atomic E-state index is -0.792. The first kappa shape index (κ1) is 22.2. The van der Waals surface area contributed by atoms with Crippen LogP contribution in [-0.2, 0) is 19.1 Å². The van der Waals surface area contributed by atoms with Crippen LogP contribution in [0.1, 0.15) is 11.1 Å². The van der Waals surface area contributed by atoms with Crippen molar-refractivity contribution in [1.82, 2.24) is 10.2 Å². The molecule has 2 aliphatic heterocycles. The van der Waals surface area contributed by atoms with Gasteiger partial charge in [-0.05, 0) is 42.8 Å². The number of anilines is 1. The predicted molar refractivity (Wildman–Crippen MR) is 120 cm³/mol. The normalized spacial score (nSPS) is 17.8. The summed E-state index contributed by atoms with van der Waals surface area (Å²) in [6, 6.07) is 12.7. The standard InChI is InChI=1S/C24H23N3O6/c1-16-2-6-18(7-3-16)27-23(30)20(22(29)25-24(27)31)14-17-4-8-19(9-5-17)33-15-21(28)26-10-12-32-13-11-26/h2-9,14H,10-13,15H2,1H3,(H,25,29,31)/b20-14+. The maximum absolute atomic E-state index is 12.9. The molecule has 2 aliphatic rings. The fraction of sp³-hybridized carbons (Fsp3) is 0.250. The lowest BCUT2D eigenvalue weighted by Gasteiger charge is -2.26. The Morgan fingerprint density at radius 3 is 2.36 bits per heavy atom. The van der Waals surface area contributed by atoms with E-state index in [1.165, 1.54) is 6.08 Å². The molecule has 0 aromatic heterocycles. The molecule has 2 aromatic rings. The average Bonchev–Trinajstić information content (AvgIpc) is 2.82. The van der Waals surface area contributed by atoms with Gasteiger partial charge in [-0.2, -0.15) is 0 Å². The Hall–Kier alpha value is -3.98. The number of aryl methyl sites for hydroxylation is 1. The van der Waals surface area contributed by atoms with Crippen LogP contribution in [0.5, 0.6) is 5.75 Å². The van der Waals surface area contributed by atoms with Crippen molar-refractivity contribution in [2.75, 3.05) is 37.8 Å². The molecule has 4 rings (SSSR count). The fourth-order valence-electron chi connectivity index (χ4n) is 3.46. The molecule has 5 amide bonds. The molecule has 1 N–H and O–H groups in total. The molecular formula is C24H23N3O6. The second-order valence-corrected chi connectivity index (χ2v) is 7.64. The molecule has 0 atom stereocenters. The number of rotatable bonds is 5. The van der Waals surface area contributed by atoms with Gasteiger partial charge in [0.2, 0.25) is 0 Å². The summed E-state index contributed by atoms with van der Waals surface area (Å²) in [4.78, 5) is 52.3. The Morgan fingerprint density at radius 2 is 1.70 bits per heavy atom. The van der Waals surface area contributed by atoms with E-state index in [9.17, 15) is 19.2 Å². The van der Waals surface area contributed by atoms with E-state index in [4.69, 9.17) is 9.47 Å². The van der Waals surface area contributed by atoms with Gasteiger partial charge in [0.15, 0.2) is 6.61 Å². The van der Waals surface area contributed by atoms with Gasteiger partial charge in [0.1, 0.15) is 11.3 Å². The Kier molecular flexibility index (Phi) is 6.50. The number of morpholine rings is 1. The average molecular weight is 449 g/mol. The summed E-state index contributed by atoms with van der Waals surface area (Å²) in [6.45, 7) is 3.94. The molecule has 0 radical (unpaired) electrons. The molecule has 9 nitrogen and oxygen atoms in total. The number of carbonyl (C=O) groups is 4. The zero-order valence-electron chi connectivity index (χ0n) is 18.1. The lowest BCUT2D eigenvalue weighted by Crippen LogP contribution is -2.54. The number of carbonyl (C=O) groups excluding carboxylic acids is 4. The fourth-order valence-corrected chi connectivity index (χ4v) is 3.46. The van der Waals surface area contributed by atoms with E-state index < -0.39 is 17.8 Å². The van der Waals surface area contributed by atoms with Crippen molar-refractivity contribution in [1.29, 1.82) is 0 Å². The van der Waals surface area contributed by atoms with Crippen molar-refractivity contribution >= 4 is 35.5 Å². The van der Waals surface area contributed by atoms with Crippen LogP contribution < -0.4 is 15.0 Å². The van der Waals surface area contributed by atoms with Gasteiger partial charge in [0, 0.05) is 13.1 Å². The molecule has 0 aliphatic carbocycles. The number of urea groups is 1. The third-order valence-electron chi connectivity index (χ3n) is 5.31. The molecule has 0 unspecified atom stereocenters. The number of nitrogens with one attached hydrogen (secondary N) is 1. The molecule has 9 heteroatoms. The van der Waals surface area contributed by atoms with E-state index in [0.717, 1.165) is 10.5 Å². The molecule has 2 heterocycles. The van der Waals surface area contributed by atoms with Crippen LogP contribution in [0.4, 0.5) is 10.5 Å². The van der Waals surface area contributed by atoms with Crippen LogP contribution in [0.15, 0.2) is 54.1 Å². The molecule has 2 saturated heterocycles. The first-order valence-corrected chi connectivity index (χ1v) is 10.5. The zero-order chi connectivity index (χ0) is 23.4. The van der Waals surface area contributed by atoms with E-state index in [2.05, 4.69) is 5.32 Å². The predicted octanol–water partition coefficient (Wildman–Crippen LogP) is 1.90. The topological polar surface area (TPSA) is 105 Å². The highest BCUT2D eigenvalue weighted by Crippen LogP contribution is 2.23. The maximum atomic E-state index is 12.9. The van der Waals surface area contributed by atoms with Crippen LogP contribution in [0.25, 0.3) is 6.08 Å². The molecule has 2 fully saturated rings. The quantitative estimate of drug-likeness (QED) is 0.552. The van der Waals surface area contributed by atoms with E-state index in [1.54, 1.807) is 53.4 Å². The number of hydrogen-bond donors (Lipinski definition) is 1. The molecule has 0 saturated carbocycles. The smallest absolute Gasteiger partial charge is 0.335 e. The van der Waals surface area contributed by atoms with Crippen LogP contribution in [0.2, 0.25) is 0 Å². The highest BCUT2D eigenvalue weighted by Gasteiger charge is 2.36. The lowest BCUT2D eigenvalue weighted by molar-refractivity contribution is -0.137. The number of ether oxygens (including phenoxy) is 2. The Labute approximate surface area is 190 Å². The van der Waals surface area contributed by atoms with E-state index in [1.807, 2.05) is 6.92 Å². The Morgan fingerprint density at radius 1 is 1.03 bits per heavy atom. The summed E-state index contributed by atoms with van der Waals surface area (Å²) in [6.07, 6.45) is 1.41. The van der Waals surface area contributed by atoms with Gasteiger partial charge in [-0.3, -0.25) is 19.7 Å². The summed E-state index contributed by atoms with van der Waals surface area (Å²) in [5, 5.41) is 2.20. The minimum absolute atomic E-state index is 0.0883.